The highest BCUT2D eigenvalue weighted by Gasteiger charge is 2.43. The molecule has 8 nitrogen and oxygen atoms in total. The fraction of sp³-hybridized carbons (Fsp3) is 0.375. The van der Waals surface area contributed by atoms with Gasteiger partial charge in [-0.25, -0.2) is 8.78 Å². The summed E-state index contributed by atoms with van der Waals surface area (Å²) in [6.07, 6.45) is 10.4. The van der Waals surface area contributed by atoms with Gasteiger partial charge in [-0.2, -0.15) is 5.26 Å². The van der Waals surface area contributed by atoms with Gasteiger partial charge < -0.3 is 21.7 Å². The fourth-order valence-electron chi connectivity index (χ4n) is 4.67. The highest BCUT2D eigenvalue weighted by Crippen LogP contribution is 2.46. The number of carbonyl (C=O) groups is 2. The van der Waals surface area contributed by atoms with E-state index in [-0.39, 0.29) is 23.6 Å². The van der Waals surface area contributed by atoms with Gasteiger partial charge in [-0.1, -0.05) is 24.3 Å². The molecule has 5 rings (SSSR count). The van der Waals surface area contributed by atoms with Gasteiger partial charge in [0.1, 0.15) is 12.8 Å². The fourth-order valence-corrected chi connectivity index (χ4v) is 4.67. The van der Waals surface area contributed by atoms with Crippen LogP contribution in [0.15, 0.2) is 58.9 Å². The summed E-state index contributed by atoms with van der Waals surface area (Å²) in [6, 6.07) is 12.4. The standard InChI is InChI=1S/C16H19F2N3.C16H17N3O2/c1-20-16(4-5-16)11-6-13(15(18)14(17)7-11)10(8-19)9-21-12-2-3-12;17-8-9-18-15(12-6-3-7-12)16(21)19-10-13-4-1-2-5-14(13)11-20/h6-9,12,20H,2-5,19H2,1H3;1-2,4-5,11,18H,3,6-7,9-10H2,(H,19,21)/b10-8+,21-9?;. The second kappa shape index (κ2) is 14.0. The lowest BCUT2D eigenvalue weighted by Gasteiger charge is -2.22. The predicted octanol–water partition coefficient (Wildman–Crippen LogP) is 4.37. The van der Waals surface area contributed by atoms with E-state index in [9.17, 15) is 18.4 Å². The SMILES string of the molecule is CNC1(c2cc(F)c(F)c(/C(C=NC3CC3)=C/N)c2)CC1.N#CCNC(C(=O)NCc1ccccc1C=O)=C1CCC1. The number of carbonyl (C=O) groups excluding carboxylic acids is 2. The third-order valence-electron chi connectivity index (χ3n) is 7.77. The largest absolute Gasteiger partial charge is 0.404 e. The Bertz CT molecular complexity index is 1450. The van der Waals surface area contributed by atoms with E-state index in [1.807, 2.05) is 25.2 Å². The number of hydrogen-bond donors (Lipinski definition) is 4. The topological polar surface area (TPSA) is 132 Å². The molecule has 1 amide bonds. The Labute approximate surface area is 244 Å². The van der Waals surface area contributed by atoms with Crippen LogP contribution in [0.1, 0.15) is 72.0 Å². The maximum Gasteiger partial charge on any atom is 0.267 e. The van der Waals surface area contributed by atoms with Crippen LogP contribution in [0, 0.1) is 23.0 Å². The number of hydrogen-bond acceptors (Lipinski definition) is 7. The van der Waals surface area contributed by atoms with Crippen LogP contribution in [0.3, 0.4) is 0 Å². The second-order valence-corrected chi connectivity index (χ2v) is 10.6. The van der Waals surface area contributed by atoms with Crippen LogP contribution in [0.4, 0.5) is 8.78 Å². The third-order valence-corrected chi connectivity index (χ3v) is 7.77. The van der Waals surface area contributed by atoms with Crippen molar-refractivity contribution >= 4 is 24.0 Å². The van der Waals surface area contributed by atoms with E-state index in [0.717, 1.165) is 67.9 Å². The molecule has 2 aromatic carbocycles. The van der Waals surface area contributed by atoms with E-state index < -0.39 is 11.6 Å². The molecule has 3 aliphatic carbocycles. The molecule has 0 saturated heterocycles. The van der Waals surface area contributed by atoms with Crippen molar-refractivity contribution in [2.45, 2.75) is 63.1 Å². The van der Waals surface area contributed by atoms with Crippen molar-refractivity contribution in [1.82, 2.24) is 16.0 Å². The molecular weight excluding hydrogens is 538 g/mol. The first-order valence-electron chi connectivity index (χ1n) is 14.1. The molecule has 0 bridgehead atoms. The summed E-state index contributed by atoms with van der Waals surface area (Å²) < 4.78 is 28.0. The Morgan fingerprint density at radius 1 is 1.19 bits per heavy atom. The molecule has 10 heteroatoms. The number of aldehydes is 1. The minimum absolute atomic E-state index is 0.108. The number of nitrogens with zero attached hydrogens (tertiary/aromatic N) is 2. The average Bonchev–Trinajstić information content (AvgIpc) is 3.91. The molecule has 42 heavy (non-hydrogen) atoms. The number of halogens is 2. The molecule has 5 N–H and O–H groups in total. The van der Waals surface area contributed by atoms with E-state index in [1.54, 1.807) is 24.4 Å². The lowest BCUT2D eigenvalue weighted by atomic mass is 9.90. The van der Waals surface area contributed by atoms with Crippen LogP contribution < -0.4 is 21.7 Å². The van der Waals surface area contributed by atoms with Crippen molar-refractivity contribution in [3.8, 4) is 6.07 Å². The van der Waals surface area contributed by atoms with Crippen molar-refractivity contribution in [1.29, 1.82) is 5.26 Å². The van der Waals surface area contributed by atoms with Gasteiger partial charge in [0.05, 0.1) is 17.8 Å². The van der Waals surface area contributed by atoms with Gasteiger partial charge in [0, 0.05) is 41.2 Å². The molecule has 0 aromatic heterocycles. The summed E-state index contributed by atoms with van der Waals surface area (Å²) in [4.78, 5) is 27.5. The molecule has 3 aliphatic rings. The van der Waals surface area contributed by atoms with Crippen molar-refractivity contribution in [2.24, 2.45) is 10.7 Å². The minimum Gasteiger partial charge on any atom is -0.404 e. The van der Waals surface area contributed by atoms with Crippen LogP contribution in [0.2, 0.25) is 0 Å². The number of allylic oxidation sites excluding steroid dienone is 2. The highest BCUT2D eigenvalue weighted by molar-refractivity contribution is 6.09. The zero-order chi connectivity index (χ0) is 30.1. The minimum atomic E-state index is -0.871. The van der Waals surface area contributed by atoms with E-state index in [4.69, 9.17) is 11.0 Å². The monoisotopic (exact) mass is 574 g/mol. The van der Waals surface area contributed by atoms with Crippen molar-refractivity contribution in [3.05, 3.63) is 87.8 Å². The molecule has 3 fully saturated rings. The van der Waals surface area contributed by atoms with E-state index in [1.165, 1.54) is 12.3 Å². The van der Waals surface area contributed by atoms with Crippen molar-refractivity contribution in [2.75, 3.05) is 13.6 Å². The zero-order valence-electron chi connectivity index (χ0n) is 23.7. The summed E-state index contributed by atoms with van der Waals surface area (Å²) in [5.41, 5.74) is 9.63. The van der Waals surface area contributed by atoms with Crippen LogP contribution >= 0.6 is 0 Å². The lowest BCUT2D eigenvalue weighted by Crippen LogP contribution is -2.34. The number of nitriles is 1. The number of nitrogens with one attached hydrogen (secondary N) is 3. The summed E-state index contributed by atoms with van der Waals surface area (Å²) in [5, 5.41) is 17.5. The summed E-state index contributed by atoms with van der Waals surface area (Å²) in [5.74, 6) is -1.94. The van der Waals surface area contributed by atoms with Crippen LogP contribution in [-0.4, -0.2) is 38.0 Å². The van der Waals surface area contributed by atoms with Gasteiger partial charge >= 0.3 is 0 Å². The number of amides is 1. The second-order valence-electron chi connectivity index (χ2n) is 10.6. The maximum absolute atomic E-state index is 14.1. The molecule has 0 unspecified atom stereocenters. The van der Waals surface area contributed by atoms with Crippen molar-refractivity contribution in [3.63, 3.8) is 0 Å². The van der Waals surface area contributed by atoms with Gasteiger partial charge in [0.15, 0.2) is 11.6 Å². The van der Waals surface area contributed by atoms with Gasteiger partial charge in [0.25, 0.3) is 5.91 Å². The first-order valence-corrected chi connectivity index (χ1v) is 14.1. The van der Waals surface area contributed by atoms with E-state index in [0.29, 0.717) is 29.4 Å². The molecule has 0 radical (unpaired) electrons. The Hall–Kier alpha value is -4.36. The molecule has 0 atom stereocenters. The Kier molecular flexibility index (Phi) is 10.2. The third kappa shape index (κ3) is 7.47. The zero-order valence-corrected chi connectivity index (χ0v) is 23.7. The number of rotatable bonds is 11. The summed E-state index contributed by atoms with van der Waals surface area (Å²) in [7, 11) is 1.84. The number of benzene rings is 2. The smallest absolute Gasteiger partial charge is 0.267 e. The Morgan fingerprint density at radius 3 is 2.50 bits per heavy atom. The van der Waals surface area contributed by atoms with E-state index >= 15 is 0 Å². The van der Waals surface area contributed by atoms with Crippen LogP contribution in [0.25, 0.3) is 5.57 Å². The quantitative estimate of drug-likeness (QED) is 0.136. The van der Waals surface area contributed by atoms with Crippen LogP contribution in [-0.2, 0) is 16.9 Å². The first kappa shape index (κ1) is 30.6. The molecule has 0 aliphatic heterocycles. The molecule has 2 aromatic rings. The molecule has 0 spiro atoms. The molecule has 0 heterocycles. The first-order chi connectivity index (χ1) is 20.4. The highest BCUT2D eigenvalue weighted by atomic mass is 19.2. The van der Waals surface area contributed by atoms with Gasteiger partial charge in [-0.15, -0.1) is 0 Å². The van der Waals surface area contributed by atoms with Gasteiger partial charge in [-0.3, -0.25) is 14.6 Å². The van der Waals surface area contributed by atoms with Crippen molar-refractivity contribution < 1.29 is 18.4 Å². The normalized spacial score (nSPS) is 16.9. The maximum atomic E-state index is 14.1. The number of nitrogens with two attached hydrogens (primary N) is 1. The van der Waals surface area contributed by atoms with E-state index in [2.05, 4.69) is 20.9 Å². The lowest BCUT2D eigenvalue weighted by molar-refractivity contribution is -0.118. The average molecular weight is 575 g/mol. The van der Waals surface area contributed by atoms with Gasteiger partial charge in [0.2, 0.25) is 0 Å². The Balaban J connectivity index is 0.000000193. The Morgan fingerprint density at radius 2 is 1.93 bits per heavy atom. The van der Waals surface area contributed by atoms with Crippen LogP contribution in [0.5, 0.6) is 0 Å². The number of aliphatic imine (C=N–C) groups is 1. The predicted molar refractivity (Wildman–Crippen MR) is 158 cm³/mol. The molecular formula is C32H36F2N6O2. The summed E-state index contributed by atoms with van der Waals surface area (Å²) >= 11 is 0. The molecule has 220 valence electrons. The molecule has 3 saturated carbocycles. The summed E-state index contributed by atoms with van der Waals surface area (Å²) in [6.45, 7) is 0.399. The van der Waals surface area contributed by atoms with Gasteiger partial charge in [-0.05, 0) is 80.8 Å².